The fraction of sp³-hybridized carbons (Fsp3) is 0.0769. The largest absolute Gasteiger partial charge is 0.485 e. The normalized spacial score (nSPS) is 10.1. The summed E-state index contributed by atoms with van der Waals surface area (Å²) in [5.41, 5.74) is 1.03. The third-order valence-electron chi connectivity index (χ3n) is 2.14. The summed E-state index contributed by atoms with van der Waals surface area (Å²) in [5, 5.41) is 0. The van der Waals surface area contributed by atoms with Crippen LogP contribution in [0.25, 0.3) is 0 Å². The molecule has 1 nitrogen and oxygen atoms in total. The van der Waals surface area contributed by atoms with Gasteiger partial charge in [0.15, 0.2) is 11.6 Å². The summed E-state index contributed by atoms with van der Waals surface area (Å²) in [6.07, 6.45) is 0. The molecule has 0 aliphatic carbocycles. The van der Waals surface area contributed by atoms with E-state index >= 15 is 0 Å². The maximum absolute atomic E-state index is 13.4. The summed E-state index contributed by atoms with van der Waals surface area (Å²) in [6, 6.07) is 14.6. The van der Waals surface area contributed by atoms with Crippen LogP contribution in [-0.4, -0.2) is 0 Å². The van der Waals surface area contributed by atoms with E-state index in [9.17, 15) is 4.39 Å². The average Bonchev–Trinajstić information content (AvgIpc) is 2.30. The monoisotopic (exact) mass is 328 g/mol. The SMILES string of the molecule is Fc1cccc(I)c1OCc1ccccc1. The molecule has 0 aliphatic heterocycles. The van der Waals surface area contributed by atoms with Crippen LogP contribution < -0.4 is 4.74 Å². The standard InChI is InChI=1S/C13H10FIO/c14-11-7-4-8-12(15)13(11)16-9-10-5-2-1-3-6-10/h1-8H,9H2. The second-order valence-corrected chi connectivity index (χ2v) is 4.49. The summed E-state index contributed by atoms with van der Waals surface area (Å²) < 4.78 is 19.7. The Morgan fingerprint density at radius 1 is 1.00 bits per heavy atom. The minimum absolute atomic E-state index is 0.317. The molecule has 16 heavy (non-hydrogen) atoms. The first kappa shape index (κ1) is 11.4. The van der Waals surface area contributed by atoms with Gasteiger partial charge < -0.3 is 4.74 Å². The van der Waals surface area contributed by atoms with Gasteiger partial charge >= 0.3 is 0 Å². The lowest BCUT2D eigenvalue weighted by Crippen LogP contribution is -1.98. The number of para-hydroxylation sites is 1. The first-order chi connectivity index (χ1) is 7.77. The number of halogens is 2. The van der Waals surface area contributed by atoms with E-state index in [1.165, 1.54) is 6.07 Å². The molecule has 0 radical (unpaired) electrons. The van der Waals surface area contributed by atoms with Crippen LogP contribution in [0.4, 0.5) is 4.39 Å². The van der Waals surface area contributed by atoms with Crippen LogP contribution in [0.3, 0.4) is 0 Å². The molecule has 0 N–H and O–H groups in total. The first-order valence-corrected chi connectivity index (χ1v) is 5.96. The van der Waals surface area contributed by atoms with Crippen molar-refractivity contribution in [1.82, 2.24) is 0 Å². The van der Waals surface area contributed by atoms with Crippen molar-refractivity contribution in [3.05, 3.63) is 63.5 Å². The summed E-state index contributed by atoms with van der Waals surface area (Å²) >= 11 is 2.06. The van der Waals surface area contributed by atoms with Gasteiger partial charge in [0.1, 0.15) is 6.61 Å². The molecule has 0 aromatic heterocycles. The quantitative estimate of drug-likeness (QED) is 0.774. The Bertz CT molecular complexity index is 450. The molecule has 0 unspecified atom stereocenters. The Hall–Kier alpha value is -1.10. The van der Waals surface area contributed by atoms with Crippen molar-refractivity contribution in [3.8, 4) is 5.75 Å². The highest BCUT2D eigenvalue weighted by molar-refractivity contribution is 14.1. The van der Waals surface area contributed by atoms with Gasteiger partial charge in [0.2, 0.25) is 0 Å². The highest BCUT2D eigenvalue weighted by atomic mass is 127. The van der Waals surface area contributed by atoms with E-state index in [0.29, 0.717) is 12.4 Å². The van der Waals surface area contributed by atoms with Crippen LogP contribution in [0.5, 0.6) is 5.75 Å². The van der Waals surface area contributed by atoms with Crippen molar-refractivity contribution in [2.75, 3.05) is 0 Å². The number of benzene rings is 2. The van der Waals surface area contributed by atoms with E-state index in [4.69, 9.17) is 4.74 Å². The van der Waals surface area contributed by atoms with Gasteiger partial charge in [0.25, 0.3) is 0 Å². The number of ether oxygens (including phenoxy) is 1. The van der Waals surface area contributed by atoms with Gasteiger partial charge in [-0.25, -0.2) is 4.39 Å². The maximum atomic E-state index is 13.4. The fourth-order valence-electron chi connectivity index (χ4n) is 1.35. The molecule has 0 bridgehead atoms. The molecule has 0 amide bonds. The molecule has 3 heteroatoms. The summed E-state index contributed by atoms with van der Waals surface area (Å²) in [5.74, 6) is 0.00906. The Balaban J connectivity index is 2.11. The Morgan fingerprint density at radius 2 is 1.75 bits per heavy atom. The lowest BCUT2D eigenvalue weighted by atomic mass is 10.2. The smallest absolute Gasteiger partial charge is 0.168 e. The molecule has 0 spiro atoms. The zero-order chi connectivity index (χ0) is 11.4. The molecule has 0 saturated carbocycles. The molecular formula is C13H10FIO. The van der Waals surface area contributed by atoms with Crippen LogP contribution in [0.15, 0.2) is 48.5 Å². The Kier molecular flexibility index (Phi) is 3.77. The Labute approximate surface area is 107 Å². The molecule has 2 aromatic rings. The van der Waals surface area contributed by atoms with Crippen molar-refractivity contribution >= 4 is 22.6 Å². The third-order valence-corrected chi connectivity index (χ3v) is 2.99. The predicted molar refractivity (Wildman–Crippen MR) is 69.9 cm³/mol. The molecule has 0 fully saturated rings. The third kappa shape index (κ3) is 2.72. The van der Waals surface area contributed by atoms with Crippen molar-refractivity contribution in [3.63, 3.8) is 0 Å². The van der Waals surface area contributed by atoms with Gasteiger partial charge in [-0.3, -0.25) is 0 Å². The highest BCUT2D eigenvalue weighted by Gasteiger charge is 2.07. The van der Waals surface area contributed by atoms with E-state index in [-0.39, 0.29) is 5.82 Å². The van der Waals surface area contributed by atoms with Crippen LogP contribution in [0, 0.1) is 9.39 Å². The van der Waals surface area contributed by atoms with Crippen LogP contribution in [0.1, 0.15) is 5.56 Å². The van der Waals surface area contributed by atoms with Gasteiger partial charge in [0, 0.05) is 0 Å². The second kappa shape index (κ2) is 5.30. The maximum Gasteiger partial charge on any atom is 0.168 e. The fourth-order valence-corrected chi connectivity index (χ4v) is 1.97. The highest BCUT2D eigenvalue weighted by Crippen LogP contribution is 2.24. The molecule has 0 saturated heterocycles. The molecule has 2 rings (SSSR count). The van der Waals surface area contributed by atoms with E-state index in [1.54, 1.807) is 6.07 Å². The molecule has 82 valence electrons. The average molecular weight is 328 g/mol. The first-order valence-electron chi connectivity index (χ1n) is 4.88. The van der Waals surface area contributed by atoms with Crippen molar-refractivity contribution in [1.29, 1.82) is 0 Å². The Morgan fingerprint density at radius 3 is 2.44 bits per heavy atom. The van der Waals surface area contributed by atoms with Gasteiger partial charge in [-0.1, -0.05) is 36.4 Å². The van der Waals surface area contributed by atoms with Gasteiger partial charge in [0.05, 0.1) is 3.57 Å². The topological polar surface area (TPSA) is 9.23 Å². The van der Waals surface area contributed by atoms with Crippen molar-refractivity contribution in [2.24, 2.45) is 0 Å². The minimum Gasteiger partial charge on any atom is -0.485 e. The van der Waals surface area contributed by atoms with E-state index in [0.717, 1.165) is 9.13 Å². The van der Waals surface area contributed by atoms with E-state index in [2.05, 4.69) is 22.6 Å². The summed E-state index contributed by atoms with van der Waals surface area (Å²) in [4.78, 5) is 0. The zero-order valence-electron chi connectivity index (χ0n) is 8.49. The minimum atomic E-state index is -0.317. The van der Waals surface area contributed by atoms with Crippen LogP contribution in [-0.2, 0) is 6.61 Å². The lowest BCUT2D eigenvalue weighted by Gasteiger charge is -2.08. The van der Waals surface area contributed by atoms with Crippen LogP contribution >= 0.6 is 22.6 Å². The predicted octanol–water partition coefficient (Wildman–Crippen LogP) is 4.01. The number of rotatable bonds is 3. The van der Waals surface area contributed by atoms with Crippen molar-refractivity contribution in [2.45, 2.75) is 6.61 Å². The number of hydrogen-bond donors (Lipinski definition) is 0. The second-order valence-electron chi connectivity index (χ2n) is 3.33. The van der Waals surface area contributed by atoms with Gasteiger partial charge in [-0.15, -0.1) is 0 Å². The molecule has 0 aliphatic rings. The number of hydrogen-bond acceptors (Lipinski definition) is 1. The lowest BCUT2D eigenvalue weighted by molar-refractivity contribution is 0.288. The molecular weight excluding hydrogens is 318 g/mol. The van der Waals surface area contributed by atoms with Crippen molar-refractivity contribution < 1.29 is 9.13 Å². The molecule has 0 atom stereocenters. The molecule has 2 aromatic carbocycles. The summed E-state index contributed by atoms with van der Waals surface area (Å²) in [6.45, 7) is 0.387. The van der Waals surface area contributed by atoms with Gasteiger partial charge in [-0.05, 0) is 40.3 Å². The van der Waals surface area contributed by atoms with E-state index < -0.39 is 0 Å². The zero-order valence-corrected chi connectivity index (χ0v) is 10.6. The summed E-state index contributed by atoms with van der Waals surface area (Å²) in [7, 11) is 0. The van der Waals surface area contributed by atoms with Gasteiger partial charge in [-0.2, -0.15) is 0 Å². The van der Waals surface area contributed by atoms with E-state index in [1.807, 2.05) is 36.4 Å². The van der Waals surface area contributed by atoms with Crippen LogP contribution in [0.2, 0.25) is 0 Å². The molecule has 0 heterocycles.